The number of nitrogens with two attached hydrogens (primary N) is 1. The fraction of sp³-hybridized carbons (Fsp3) is 1.00. The van der Waals surface area contributed by atoms with Gasteiger partial charge in [-0.3, -0.25) is 4.90 Å². The van der Waals surface area contributed by atoms with Crippen LogP contribution >= 0.6 is 0 Å². The summed E-state index contributed by atoms with van der Waals surface area (Å²) in [7, 11) is 3.75. The molecule has 0 aromatic rings. The first-order valence-corrected chi connectivity index (χ1v) is 4.91. The fourth-order valence-electron chi connectivity index (χ4n) is 1.83. The summed E-state index contributed by atoms with van der Waals surface area (Å²) >= 11 is 0. The summed E-state index contributed by atoms with van der Waals surface area (Å²) in [4.78, 5) is 3.87. The van der Waals surface area contributed by atoms with Gasteiger partial charge in [0.1, 0.15) is 0 Å². The SMILES string of the molecule is CN1CCC(N(C)CC(F)(F)CN)C1. The van der Waals surface area contributed by atoms with Gasteiger partial charge in [0.2, 0.25) is 0 Å². The first kappa shape index (κ1) is 11.8. The van der Waals surface area contributed by atoms with Crippen LogP contribution in [0.1, 0.15) is 6.42 Å². The Labute approximate surface area is 83.8 Å². The summed E-state index contributed by atoms with van der Waals surface area (Å²) in [5.74, 6) is -2.75. The van der Waals surface area contributed by atoms with Crippen LogP contribution in [0.2, 0.25) is 0 Å². The van der Waals surface area contributed by atoms with E-state index in [1.165, 1.54) is 0 Å². The van der Waals surface area contributed by atoms with Crippen LogP contribution in [0.4, 0.5) is 8.78 Å². The third-order valence-electron chi connectivity index (χ3n) is 2.77. The number of hydrogen-bond acceptors (Lipinski definition) is 3. The maximum Gasteiger partial charge on any atom is 0.272 e. The zero-order valence-corrected chi connectivity index (χ0v) is 8.84. The van der Waals surface area contributed by atoms with Gasteiger partial charge in [-0.1, -0.05) is 0 Å². The standard InChI is InChI=1S/C9H19F2N3/c1-13-4-3-8(5-13)14(2)7-9(10,11)6-12/h8H,3-7,12H2,1-2H3. The van der Waals surface area contributed by atoms with E-state index in [0.717, 1.165) is 19.5 Å². The minimum atomic E-state index is -2.75. The van der Waals surface area contributed by atoms with E-state index in [9.17, 15) is 8.78 Å². The number of halogens is 2. The largest absolute Gasteiger partial charge is 0.325 e. The van der Waals surface area contributed by atoms with E-state index >= 15 is 0 Å². The van der Waals surface area contributed by atoms with Gasteiger partial charge >= 0.3 is 0 Å². The molecule has 0 radical (unpaired) electrons. The molecule has 1 aliphatic heterocycles. The monoisotopic (exact) mass is 207 g/mol. The molecular weight excluding hydrogens is 188 g/mol. The van der Waals surface area contributed by atoms with Gasteiger partial charge in [-0.05, 0) is 27.1 Å². The second-order valence-corrected chi connectivity index (χ2v) is 4.18. The summed E-state index contributed by atoms with van der Waals surface area (Å²) in [6, 6.07) is 0.248. The Bertz CT molecular complexity index is 187. The average molecular weight is 207 g/mol. The third kappa shape index (κ3) is 3.15. The Balaban J connectivity index is 2.38. The van der Waals surface area contributed by atoms with Crippen molar-refractivity contribution in [3.63, 3.8) is 0 Å². The zero-order chi connectivity index (χ0) is 10.8. The topological polar surface area (TPSA) is 32.5 Å². The molecule has 14 heavy (non-hydrogen) atoms. The Morgan fingerprint density at radius 1 is 1.57 bits per heavy atom. The number of rotatable bonds is 4. The molecule has 0 spiro atoms. The molecule has 0 bridgehead atoms. The molecule has 1 fully saturated rings. The molecule has 1 saturated heterocycles. The van der Waals surface area contributed by atoms with Crippen molar-refractivity contribution in [1.29, 1.82) is 0 Å². The summed E-state index contributed by atoms with van der Waals surface area (Å²) in [6.07, 6.45) is 0.966. The molecule has 0 aliphatic carbocycles. The second-order valence-electron chi connectivity index (χ2n) is 4.18. The zero-order valence-electron chi connectivity index (χ0n) is 8.84. The molecule has 0 amide bonds. The van der Waals surface area contributed by atoms with Crippen LogP contribution in [-0.2, 0) is 0 Å². The summed E-state index contributed by atoms with van der Waals surface area (Å²) < 4.78 is 25.9. The van der Waals surface area contributed by atoms with Crippen LogP contribution in [0.15, 0.2) is 0 Å². The van der Waals surface area contributed by atoms with Crippen molar-refractivity contribution in [2.24, 2.45) is 5.73 Å². The van der Waals surface area contributed by atoms with Crippen LogP contribution < -0.4 is 5.73 Å². The van der Waals surface area contributed by atoms with Crippen LogP contribution in [-0.4, -0.2) is 62.0 Å². The lowest BCUT2D eigenvalue weighted by Gasteiger charge is -2.27. The van der Waals surface area contributed by atoms with Crippen molar-refractivity contribution in [2.75, 3.05) is 40.3 Å². The van der Waals surface area contributed by atoms with Crippen molar-refractivity contribution in [2.45, 2.75) is 18.4 Å². The van der Waals surface area contributed by atoms with Gasteiger partial charge in [-0.2, -0.15) is 0 Å². The number of likely N-dealkylation sites (N-methyl/N-ethyl adjacent to an activating group) is 2. The highest BCUT2D eigenvalue weighted by molar-refractivity contribution is 4.83. The predicted octanol–water partition coefficient (Wildman–Crippen LogP) is 0.216. The van der Waals surface area contributed by atoms with Crippen LogP contribution in [0.25, 0.3) is 0 Å². The highest BCUT2D eigenvalue weighted by Crippen LogP contribution is 2.18. The lowest BCUT2D eigenvalue weighted by Crippen LogP contribution is -2.45. The van der Waals surface area contributed by atoms with Gasteiger partial charge in [-0.15, -0.1) is 0 Å². The molecular formula is C9H19F2N3. The highest BCUT2D eigenvalue weighted by atomic mass is 19.3. The van der Waals surface area contributed by atoms with Gasteiger partial charge in [0.25, 0.3) is 5.92 Å². The van der Waals surface area contributed by atoms with E-state index in [2.05, 4.69) is 4.90 Å². The van der Waals surface area contributed by atoms with Crippen molar-refractivity contribution >= 4 is 0 Å². The first-order chi connectivity index (χ1) is 6.44. The van der Waals surface area contributed by atoms with E-state index in [0.29, 0.717) is 0 Å². The van der Waals surface area contributed by atoms with Gasteiger partial charge in [0, 0.05) is 12.6 Å². The minimum absolute atomic E-state index is 0.234. The van der Waals surface area contributed by atoms with Crippen LogP contribution in [0.5, 0.6) is 0 Å². The highest BCUT2D eigenvalue weighted by Gasteiger charge is 2.32. The van der Waals surface area contributed by atoms with E-state index in [4.69, 9.17) is 5.73 Å². The molecule has 5 heteroatoms. The molecule has 1 unspecified atom stereocenters. The average Bonchev–Trinajstić information content (AvgIpc) is 2.51. The number of nitrogens with zero attached hydrogens (tertiary/aromatic N) is 2. The van der Waals surface area contributed by atoms with Crippen LogP contribution in [0.3, 0.4) is 0 Å². The minimum Gasteiger partial charge on any atom is -0.325 e. The van der Waals surface area contributed by atoms with Gasteiger partial charge in [-0.25, -0.2) is 8.78 Å². The van der Waals surface area contributed by atoms with E-state index in [-0.39, 0.29) is 12.6 Å². The molecule has 1 aliphatic rings. The fourth-order valence-corrected chi connectivity index (χ4v) is 1.83. The van der Waals surface area contributed by atoms with E-state index < -0.39 is 12.5 Å². The molecule has 1 rings (SSSR count). The molecule has 1 atom stereocenters. The Hall–Kier alpha value is -0.260. The summed E-state index contributed by atoms with van der Waals surface area (Å²) in [5.41, 5.74) is 4.99. The van der Waals surface area contributed by atoms with E-state index in [1.54, 1.807) is 11.9 Å². The van der Waals surface area contributed by atoms with E-state index in [1.807, 2.05) is 7.05 Å². The lowest BCUT2D eigenvalue weighted by atomic mass is 10.2. The van der Waals surface area contributed by atoms with Crippen molar-refractivity contribution < 1.29 is 8.78 Å². The molecule has 3 nitrogen and oxygen atoms in total. The normalized spacial score (nSPS) is 24.9. The lowest BCUT2D eigenvalue weighted by molar-refractivity contribution is -0.0257. The molecule has 1 heterocycles. The second kappa shape index (κ2) is 4.51. The quantitative estimate of drug-likeness (QED) is 0.715. The summed E-state index contributed by atoms with van der Waals surface area (Å²) in [6.45, 7) is 1.06. The predicted molar refractivity (Wildman–Crippen MR) is 52.5 cm³/mol. The number of alkyl halides is 2. The van der Waals surface area contributed by atoms with Crippen LogP contribution in [0, 0.1) is 0 Å². The summed E-state index contributed by atoms with van der Waals surface area (Å²) in [5, 5.41) is 0. The van der Waals surface area contributed by atoms with Gasteiger partial charge < -0.3 is 10.6 Å². The molecule has 2 N–H and O–H groups in total. The first-order valence-electron chi connectivity index (χ1n) is 4.91. The van der Waals surface area contributed by atoms with Crippen molar-refractivity contribution in [3.8, 4) is 0 Å². The van der Waals surface area contributed by atoms with Crippen molar-refractivity contribution in [3.05, 3.63) is 0 Å². The Morgan fingerprint density at radius 2 is 2.21 bits per heavy atom. The molecule has 84 valence electrons. The van der Waals surface area contributed by atoms with Gasteiger partial charge in [0.15, 0.2) is 0 Å². The maximum absolute atomic E-state index is 13.0. The Kier molecular flexibility index (Phi) is 3.80. The maximum atomic E-state index is 13.0. The molecule has 0 aromatic heterocycles. The third-order valence-corrected chi connectivity index (χ3v) is 2.77. The molecule has 0 aromatic carbocycles. The number of likely N-dealkylation sites (tertiary alicyclic amines) is 1. The van der Waals surface area contributed by atoms with Gasteiger partial charge in [0.05, 0.1) is 13.1 Å². The number of hydrogen-bond donors (Lipinski definition) is 1. The molecule has 0 saturated carbocycles. The Morgan fingerprint density at radius 3 is 2.64 bits per heavy atom. The smallest absolute Gasteiger partial charge is 0.272 e. The van der Waals surface area contributed by atoms with Crippen molar-refractivity contribution in [1.82, 2.24) is 9.80 Å².